The van der Waals surface area contributed by atoms with E-state index in [-0.39, 0.29) is 5.54 Å². The fraction of sp³-hybridized carbons (Fsp3) is 0.300. The minimum atomic E-state index is -0.151. The van der Waals surface area contributed by atoms with Gasteiger partial charge in [-0.25, -0.2) is 0 Å². The predicted molar refractivity (Wildman–Crippen MR) is 65.1 cm³/mol. The first-order chi connectivity index (χ1) is 6.08. The highest BCUT2D eigenvalue weighted by Gasteiger charge is 2.21. The van der Waals surface area contributed by atoms with Crippen molar-refractivity contribution >= 4 is 26.5 Å². The number of rotatable bonds is 3. The molecule has 1 aromatic rings. The minimum Gasteiger partial charge on any atom is -0.291 e. The van der Waals surface area contributed by atoms with Gasteiger partial charge in [0.15, 0.2) is 0 Å². The summed E-state index contributed by atoms with van der Waals surface area (Å²) in [4.78, 5) is 0.933. The molecule has 0 fully saturated rings. The second-order valence-electron chi connectivity index (χ2n) is 3.46. The van der Waals surface area contributed by atoms with Crippen molar-refractivity contribution in [1.29, 1.82) is 0 Å². The van der Waals surface area contributed by atoms with Gasteiger partial charge in [0.2, 0.25) is 0 Å². The highest BCUT2D eigenvalue weighted by atomic mass is 32.1. The standard InChI is InChI=1S/C10H14NPS/c1-10(2,11-12)9(13)8-6-4-3-5-7-8/h3-7,11H,12H2,1-2H3. The van der Waals surface area contributed by atoms with Crippen LogP contribution in [0.3, 0.4) is 0 Å². The van der Waals surface area contributed by atoms with Crippen LogP contribution < -0.4 is 5.09 Å². The van der Waals surface area contributed by atoms with Gasteiger partial charge in [0.25, 0.3) is 0 Å². The Hall–Kier alpha value is -0.300. The van der Waals surface area contributed by atoms with Gasteiger partial charge in [-0.3, -0.25) is 5.09 Å². The highest BCUT2D eigenvalue weighted by molar-refractivity contribution is 7.81. The molecule has 0 heterocycles. The van der Waals surface area contributed by atoms with E-state index in [0.717, 1.165) is 10.4 Å². The van der Waals surface area contributed by atoms with Crippen LogP contribution in [0.4, 0.5) is 0 Å². The lowest BCUT2D eigenvalue weighted by molar-refractivity contribution is 0.655. The highest BCUT2D eigenvalue weighted by Crippen LogP contribution is 2.15. The summed E-state index contributed by atoms with van der Waals surface area (Å²) in [6.45, 7) is 4.13. The molecule has 0 radical (unpaired) electrons. The molecule has 1 atom stereocenters. The molecule has 0 aliphatic heterocycles. The molecule has 1 unspecified atom stereocenters. The molecule has 0 aromatic heterocycles. The van der Waals surface area contributed by atoms with E-state index in [1.54, 1.807) is 0 Å². The summed E-state index contributed by atoms with van der Waals surface area (Å²) in [7, 11) is 2.51. The average molecular weight is 211 g/mol. The third-order valence-electron chi connectivity index (χ3n) is 1.96. The Morgan fingerprint density at radius 1 is 1.31 bits per heavy atom. The van der Waals surface area contributed by atoms with Crippen molar-refractivity contribution in [2.24, 2.45) is 0 Å². The first-order valence-electron chi connectivity index (χ1n) is 4.15. The molecule has 0 bridgehead atoms. The zero-order valence-electron chi connectivity index (χ0n) is 7.87. The van der Waals surface area contributed by atoms with Gasteiger partial charge in [-0.15, -0.1) is 0 Å². The van der Waals surface area contributed by atoms with Crippen LogP contribution in [-0.4, -0.2) is 10.4 Å². The molecule has 70 valence electrons. The lowest BCUT2D eigenvalue weighted by Crippen LogP contribution is -2.40. The molecular weight excluding hydrogens is 197 g/mol. The van der Waals surface area contributed by atoms with Gasteiger partial charge < -0.3 is 0 Å². The van der Waals surface area contributed by atoms with Gasteiger partial charge in [0.05, 0.1) is 5.54 Å². The van der Waals surface area contributed by atoms with Crippen molar-refractivity contribution in [3.8, 4) is 0 Å². The molecule has 0 amide bonds. The third-order valence-corrected chi connectivity index (χ3v) is 3.43. The van der Waals surface area contributed by atoms with Crippen LogP contribution in [0.2, 0.25) is 0 Å². The summed E-state index contributed by atoms with van der Waals surface area (Å²) in [5.74, 6) is 0. The Kier molecular flexibility index (Phi) is 3.55. The largest absolute Gasteiger partial charge is 0.291 e. The molecule has 1 N–H and O–H groups in total. The maximum absolute atomic E-state index is 5.38. The molecule has 13 heavy (non-hydrogen) atoms. The summed E-state index contributed by atoms with van der Waals surface area (Å²) in [5, 5.41) is 3.12. The Balaban J connectivity index is 2.93. The van der Waals surface area contributed by atoms with Crippen LogP contribution in [0.25, 0.3) is 0 Å². The van der Waals surface area contributed by atoms with Crippen molar-refractivity contribution in [2.75, 3.05) is 0 Å². The molecule has 3 heteroatoms. The maximum atomic E-state index is 5.38. The van der Waals surface area contributed by atoms with Crippen LogP contribution in [-0.2, 0) is 0 Å². The third kappa shape index (κ3) is 2.57. The van der Waals surface area contributed by atoms with Crippen molar-refractivity contribution in [1.82, 2.24) is 5.09 Å². The van der Waals surface area contributed by atoms with E-state index >= 15 is 0 Å². The Bertz CT molecular complexity index is 295. The minimum absolute atomic E-state index is 0.151. The number of thiocarbonyl (C=S) groups is 1. The maximum Gasteiger partial charge on any atom is 0.0515 e. The lowest BCUT2D eigenvalue weighted by atomic mass is 9.96. The van der Waals surface area contributed by atoms with Crippen LogP contribution in [0.1, 0.15) is 19.4 Å². The predicted octanol–water partition coefficient (Wildman–Crippen LogP) is 2.56. The van der Waals surface area contributed by atoms with E-state index in [2.05, 4.69) is 28.3 Å². The van der Waals surface area contributed by atoms with Gasteiger partial charge in [0.1, 0.15) is 0 Å². The molecule has 0 saturated carbocycles. The van der Waals surface area contributed by atoms with Crippen LogP contribution in [0, 0.1) is 0 Å². The van der Waals surface area contributed by atoms with E-state index in [1.165, 1.54) is 0 Å². The molecule has 0 aliphatic carbocycles. The van der Waals surface area contributed by atoms with Crippen molar-refractivity contribution in [3.63, 3.8) is 0 Å². The van der Waals surface area contributed by atoms with E-state index in [9.17, 15) is 0 Å². The zero-order chi connectivity index (χ0) is 9.90. The van der Waals surface area contributed by atoms with Crippen molar-refractivity contribution in [2.45, 2.75) is 19.4 Å². The molecular formula is C10H14NPS. The van der Waals surface area contributed by atoms with Crippen molar-refractivity contribution < 1.29 is 0 Å². The summed E-state index contributed by atoms with van der Waals surface area (Å²) in [6, 6.07) is 10.1. The Morgan fingerprint density at radius 3 is 2.31 bits per heavy atom. The number of nitrogens with one attached hydrogen (secondary N) is 1. The fourth-order valence-corrected chi connectivity index (χ4v) is 1.46. The van der Waals surface area contributed by atoms with Crippen LogP contribution in [0.5, 0.6) is 0 Å². The summed E-state index contributed by atoms with van der Waals surface area (Å²) in [5.41, 5.74) is 0.957. The lowest BCUT2D eigenvalue weighted by Gasteiger charge is -2.25. The molecule has 0 spiro atoms. The SMILES string of the molecule is CC(C)(NP)C(=S)c1ccccc1. The van der Waals surface area contributed by atoms with Gasteiger partial charge in [-0.2, -0.15) is 0 Å². The summed E-state index contributed by atoms with van der Waals surface area (Å²) < 4.78 is 0. The van der Waals surface area contributed by atoms with Crippen molar-refractivity contribution in [3.05, 3.63) is 35.9 Å². The number of benzene rings is 1. The fourth-order valence-electron chi connectivity index (χ4n) is 1.02. The first kappa shape index (κ1) is 10.8. The number of hydrogen-bond donors (Lipinski definition) is 1. The van der Waals surface area contributed by atoms with Crippen LogP contribution in [0.15, 0.2) is 30.3 Å². The van der Waals surface area contributed by atoms with Gasteiger partial charge in [-0.1, -0.05) is 51.9 Å². The first-order valence-corrected chi connectivity index (χ1v) is 5.14. The van der Waals surface area contributed by atoms with Gasteiger partial charge >= 0.3 is 0 Å². The van der Waals surface area contributed by atoms with Crippen LogP contribution >= 0.6 is 21.6 Å². The Morgan fingerprint density at radius 2 is 1.85 bits per heavy atom. The van der Waals surface area contributed by atoms with E-state index in [1.807, 2.05) is 30.3 Å². The molecule has 1 aromatic carbocycles. The summed E-state index contributed by atoms with van der Waals surface area (Å²) in [6.07, 6.45) is 0. The molecule has 1 nitrogen and oxygen atoms in total. The van der Waals surface area contributed by atoms with Gasteiger partial charge in [-0.05, 0) is 19.4 Å². The second-order valence-corrected chi connectivity index (χ2v) is 4.16. The molecule has 0 aliphatic rings. The Labute approximate surface area is 87.2 Å². The van der Waals surface area contributed by atoms with E-state index in [4.69, 9.17) is 12.2 Å². The van der Waals surface area contributed by atoms with Gasteiger partial charge in [0, 0.05) is 4.86 Å². The summed E-state index contributed by atoms with van der Waals surface area (Å²) >= 11 is 5.38. The van der Waals surface area contributed by atoms with E-state index < -0.39 is 0 Å². The number of hydrogen-bond acceptors (Lipinski definition) is 2. The average Bonchev–Trinajstić information content (AvgIpc) is 2.18. The zero-order valence-corrected chi connectivity index (χ0v) is 9.84. The topological polar surface area (TPSA) is 12.0 Å². The van der Waals surface area contributed by atoms with E-state index in [0.29, 0.717) is 0 Å². The monoisotopic (exact) mass is 211 g/mol. The second kappa shape index (κ2) is 4.28. The molecule has 1 rings (SSSR count). The smallest absolute Gasteiger partial charge is 0.0515 e. The normalized spacial score (nSPS) is 11.3. The quantitative estimate of drug-likeness (QED) is 0.468. The molecule has 0 saturated heterocycles.